The van der Waals surface area contributed by atoms with Gasteiger partial charge in [-0.3, -0.25) is 9.10 Å². The number of sulfonamides is 1. The highest BCUT2D eigenvalue weighted by atomic mass is 32.2. The van der Waals surface area contributed by atoms with Gasteiger partial charge in [-0.1, -0.05) is 42.5 Å². The van der Waals surface area contributed by atoms with Gasteiger partial charge in [0.1, 0.15) is 5.75 Å². The summed E-state index contributed by atoms with van der Waals surface area (Å²) in [6.45, 7) is 1.63. The van der Waals surface area contributed by atoms with Crippen molar-refractivity contribution in [3.63, 3.8) is 0 Å². The molecule has 0 bridgehead atoms. The average molecular weight is 449 g/mol. The number of carbonyl (C=O) groups is 1. The fourth-order valence-corrected chi connectivity index (χ4v) is 5.84. The molecule has 0 spiro atoms. The van der Waals surface area contributed by atoms with Crippen molar-refractivity contribution in [3.8, 4) is 5.75 Å². The summed E-state index contributed by atoms with van der Waals surface area (Å²) in [4.78, 5) is 14.6. The molecule has 0 fully saturated rings. The molecule has 1 amide bonds. The van der Waals surface area contributed by atoms with E-state index in [1.807, 2.05) is 42.5 Å². The summed E-state index contributed by atoms with van der Waals surface area (Å²) >= 11 is 0. The van der Waals surface area contributed by atoms with Gasteiger partial charge in [0.05, 0.1) is 10.6 Å². The standard InChI is InChI=1S/C25H24N2O4S/c28-25(26-15-13-19-5-1-2-7-21(19)17-26)18-31-22-9-11-23(12-10-22)32(29,30)27-16-14-20-6-3-4-8-24(20)27/h1-12H,13-18H2. The molecule has 2 aliphatic rings. The Bertz CT molecular complexity index is 1250. The Morgan fingerprint density at radius 3 is 2.25 bits per heavy atom. The molecule has 7 heteroatoms. The lowest BCUT2D eigenvalue weighted by Crippen LogP contribution is -2.38. The number of benzene rings is 3. The number of anilines is 1. The lowest BCUT2D eigenvalue weighted by atomic mass is 10.00. The topological polar surface area (TPSA) is 66.9 Å². The van der Waals surface area contributed by atoms with Crippen molar-refractivity contribution in [3.05, 3.63) is 89.5 Å². The van der Waals surface area contributed by atoms with E-state index in [9.17, 15) is 13.2 Å². The summed E-state index contributed by atoms with van der Waals surface area (Å²) in [6, 6.07) is 22.0. The molecule has 0 radical (unpaired) electrons. The van der Waals surface area contributed by atoms with Crippen LogP contribution in [0.25, 0.3) is 0 Å². The molecule has 0 aliphatic carbocycles. The molecule has 2 heterocycles. The van der Waals surface area contributed by atoms with E-state index in [1.165, 1.54) is 27.6 Å². The first-order chi connectivity index (χ1) is 15.5. The van der Waals surface area contributed by atoms with E-state index in [-0.39, 0.29) is 17.4 Å². The SMILES string of the molecule is O=C(COc1ccc(S(=O)(=O)N2CCc3ccccc32)cc1)N1CCc2ccccc2C1. The minimum Gasteiger partial charge on any atom is -0.484 e. The first kappa shape index (κ1) is 20.6. The van der Waals surface area contributed by atoms with Crippen molar-refractivity contribution in [1.29, 1.82) is 0 Å². The zero-order chi connectivity index (χ0) is 22.1. The Morgan fingerprint density at radius 1 is 0.812 bits per heavy atom. The Balaban J connectivity index is 1.22. The molecule has 32 heavy (non-hydrogen) atoms. The minimum atomic E-state index is -3.64. The molecule has 2 aliphatic heterocycles. The van der Waals surface area contributed by atoms with Gasteiger partial charge in [0, 0.05) is 19.6 Å². The van der Waals surface area contributed by atoms with Crippen molar-refractivity contribution >= 4 is 21.6 Å². The predicted molar refractivity (Wildman–Crippen MR) is 122 cm³/mol. The maximum atomic E-state index is 13.1. The van der Waals surface area contributed by atoms with Crippen LogP contribution in [-0.4, -0.2) is 38.9 Å². The second kappa shape index (κ2) is 8.31. The van der Waals surface area contributed by atoms with Crippen LogP contribution in [-0.2, 0) is 34.2 Å². The van der Waals surface area contributed by atoms with Gasteiger partial charge in [-0.15, -0.1) is 0 Å². The molecule has 0 saturated carbocycles. The van der Waals surface area contributed by atoms with Crippen molar-refractivity contribution in [2.24, 2.45) is 0 Å². The Labute approximate surface area is 188 Å². The molecule has 0 N–H and O–H groups in total. The number of hydrogen-bond acceptors (Lipinski definition) is 4. The molecule has 0 saturated heterocycles. The van der Waals surface area contributed by atoms with E-state index in [0.29, 0.717) is 31.8 Å². The summed E-state index contributed by atoms with van der Waals surface area (Å²) in [5, 5.41) is 0. The first-order valence-electron chi connectivity index (χ1n) is 10.7. The van der Waals surface area contributed by atoms with E-state index in [4.69, 9.17) is 4.74 Å². The monoisotopic (exact) mass is 448 g/mol. The molecular weight excluding hydrogens is 424 g/mol. The maximum Gasteiger partial charge on any atom is 0.264 e. The van der Waals surface area contributed by atoms with Crippen LogP contribution in [0.5, 0.6) is 5.75 Å². The van der Waals surface area contributed by atoms with Crippen LogP contribution in [0, 0.1) is 0 Å². The Morgan fingerprint density at radius 2 is 1.47 bits per heavy atom. The second-order valence-electron chi connectivity index (χ2n) is 8.05. The third-order valence-electron chi connectivity index (χ3n) is 6.10. The van der Waals surface area contributed by atoms with Crippen LogP contribution in [0.15, 0.2) is 77.7 Å². The van der Waals surface area contributed by atoms with Crippen LogP contribution < -0.4 is 9.04 Å². The molecule has 3 aromatic rings. The van der Waals surface area contributed by atoms with Crippen LogP contribution in [0.4, 0.5) is 5.69 Å². The molecule has 5 rings (SSSR count). The second-order valence-corrected chi connectivity index (χ2v) is 9.91. The molecule has 0 aromatic heterocycles. The summed E-state index contributed by atoms with van der Waals surface area (Å²) in [6.07, 6.45) is 1.55. The number of fused-ring (bicyclic) bond motifs is 2. The number of para-hydroxylation sites is 1. The third-order valence-corrected chi connectivity index (χ3v) is 7.93. The number of hydrogen-bond donors (Lipinski definition) is 0. The summed E-state index contributed by atoms with van der Waals surface area (Å²) < 4.78 is 33.3. The van der Waals surface area contributed by atoms with E-state index in [1.54, 1.807) is 17.0 Å². The van der Waals surface area contributed by atoms with Crippen molar-refractivity contribution in [2.45, 2.75) is 24.3 Å². The molecule has 0 unspecified atom stereocenters. The van der Waals surface area contributed by atoms with E-state index in [0.717, 1.165) is 17.7 Å². The van der Waals surface area contributed by atoms with Crippen molar-refractivity contribution < 1.29 is 17.9 Å². The van der Waals surface area contributed by atoms with Gasteiger partial charge in [-0.25, -0.2) is 8.42 Å². The van der Waals surface area contributed by atoms with Crippen molar-refractivity contribution in [2.75, 3.05) is 24.0 Å². The lowest BCUT2D eigenvalue weighted by molar-refractivity contribution is -0.134. The zero-order valence-corrected chi connectivity index (χ0v) is 18.4. The highest BCUT2D eigenvalue weighted by molar-refractivity contribution is 7.92. The first-order valence-corrected chi connectivity index (χ1v) is 12.1. The van der Waals surface area contributed by atoms with Crippen LogP contribution in [0.1, 0.15) is 16.7 Å². The van der Waals surface area contributed by atoms with E-state index < -0.39 is 10.0 Å². The third kappa shape index (κ3) is 3.84. The van der Waals surface area contributed by atoms with E-state index in [2.05, 4.69) is 6.07 Å². The van der Waals surface area contributed by atoms with Gasteiger partial charge in [-0.2, -0.15) is 0 Å². The molecule has 6 nitrogen and oxygen atoms in total. The highest BCUT2D eigenvalue weighted by Crippen LogP contribution is 2.33. The predicted octanol–water partition coefficient (Wildman–Crippen LogP) is 3.40. The number of carbonyl (C=O) groups excluding carboxylic acids is 1. The van der Waals surface area contributed by atoms with Gasteiger partial charge >= 0.3 is 0 Å². The van der Waals surface area contributed by atoms with Crippen molar-refractivity contribution in [1.82, 2.24) is 4.90 Å². The molecule has 3 aromatic carbocycles. The van der Waals surface area contributed by atoms with Gasteiger partial charge in [-0.05, 0) is 59.9 Å². The van der Waals surface area contributed by atoms with Gasteiger partial charge in [0.25, 0.3) is 15.9 Å². The highest BCUT2D eigenvalue weighted by Gasteiger charge is 2.30. The molecular formula is C25H24N2O4S. The fraction of sp³-hybridized carbons (Fsp3) is 0.240. The van der Waals surface area contributed by atoms with Crippen LogP contribution in [0.3, 0.4) is 0 Å². The van der Waals surface area contributed by atoms with Gasteiger partial charge in [0.15, 0.2) is 6.61 Å². The molecule has 0 atom stereocenters. The smallest absolute Gasteiger partial charge is 0.264 e. The number of ether oxygens (including phenoxy) is 1. The Hall–Kier alpha value is -3.32. The number of nitrogens with zero attached hydrogens (tertiary/aromatic N) is 2. The average Bonchev–Trinajstić information content (AvgIpc) is 3.27. The van der Waals surface area contributed by atoms with Gasteiger partial charge < -0.3 is 9.64 Å². The normalized spacial score (nSPS) is 15.2. The fourth-order valence-electron chi connectivity index (χ4n) is 4.34. The quantitative estimate of drug-likeness (QED) is 0.600. The zero-order valence-electron chi connectivity index (χ0n) is 17.6. The number of rotatable bonds is 5. The van der Waals surface area contributed by atoms with E-state index >= 15 is 0 Å². The van der Waals surface area contributed by atoms with Gasteiger partial charge in [0.2, 0.25) is 0 Å². The Kier molecular flexibility index (Phi) is 5.35. The lowest BCUT2D eigenvalue weighted by Gasteiger charge is -2.28. The largest absolute Gasteiger partial charge is 0.484 e. The molecule has 164 valence electrons. The minimum absolute atomic E-state index is 0.0756. The summed E-state index contributed by atoms with van der Waals surface area (Å²) in [7, 11) is -3.64. The summed E-state index contributed by atoms with van der Waals surface area (Å²) in [5.74, 6) is 0.390. The van der Waals surface area contributed by atoms with Crippen LogP contribution in [0.2, 0.25) is 0 Å². The van der Waals surface area contributed by atoms with Crippen LogP contribution >= 0.6 is 0 Å². The summed E-state index contributed by atoms with van der Waals surface area (Å²) in [5.41, 5.74) is 4.23. The number of amides is 1. The maximum absolute atomic E-state index is 13.1.